The largest absolute Gasteiger partial charge is 0.370 e. The van der Waals surface area contributed by atoms with Crippen molar-refractivity contribution in [2.75, 3.05) is 17.6 Å². The van der Waals surface area contributed by atoms with E-state index in [9.17, 15) is 0 Å². The van der Waals surface area contributed by atoms with Crippen molar-refractivity contribution in [2.24, 2.45) is 0 Å². The van der Waals surface area contributed by atoms with Crippen molar-refractivity contribution in [2.45, 2.75) is 44.6 Å². The van der Waals surface area contributed by atoms with Crippen molar-refractivity contribution in [3.63, 3.8) is 0 Å². The first-order chi connectivity index (χ1) is 7.86. The molecule has 0 bridgehead atoms. The maximum Gasteiger partial charge on any atom is 0.130 e. The van der Waals surface area contributed by atoms with Gasteiger partial charge in [0.2, 0.25) is 0 Å². The first-order valence-corrected chi connectivity index (χ1v) is 7.04. The van der Waals surface area contributed by atoms with Crippen LogP contribution in [0.5, 0.6) is 0 Å². The van der Waals surface area contributed by atoms with Gasteiger partial charge in [-0.2, -0.15) is 0 Å². The monoisotopic (exact) mass is 239 g/mol. The molecule has 1 aromatic heterocycles. The molecule has 0 unspecified atom stereocenters. The molecule has 0 spiro atoms. The van der Waals surface area contributed by atoms with E-state index in [1.54, 1.807) is 6.33 Å². The van der Waals surface area contributed by atoms with Gasteiger partial charge < -0.3 is 5.32 Å². The maximum atomic E-state index is 4.26. The van der Waals surface area contributed by atoms with Crippen LogP contribution in [0.25, 0.3) is 0 Å². The summed E-state index contributed by atoms with van der Waals surface area (Å²) < 4.78 is 0. The number of nitrogens with zero attached hydrogens (tertiary/aromatic N) is 2. The number of anilines is 1. The highest BCUT2D eigenvalue weighted by Gasteiger charge is 1.98. The molecular formula is C12H21N3S. The summed E-state index contributed by atoms with van der Waals surface area (Å²) in [5.41, 5.74) is 0. The molecule has 4 heteroatoms. The van der Waals surface area contributed by atoms with Crippen LogP contribution in [0.3, 0.4) is 0 Å². The zero-order valence-corrected chi connectivity index (χ0v) is 11.0. The Balaban J connectivity index is 2.35. The van der Waals surface area contributed by atoms with Gasteiger partial charge in [-0.05, 0) is 18.6 Å². The molecule has 0 fully saturated rings. The van der Waals surface area contributed by atoms with Gasteiger partial charge in [0, 0.05) is 12.6 Å². The van der Waals surface area contributed by atoms with Gasteiger partial charge in [-0.25, -0.2) is 9.97 Å². The second-order valence-corrected chi connectivity index (χ2v) is 4.84. The third-order valence-corrected chi connectivity index (χ3v) is 3.21. The minimum atomic E-state index is 0.940. The van der Waals surface area contributed by atoms with Crippen LogP contribution in [0.4, 0.5) is 5.82 Å². The maximum absolute atomic E-state index is 4.26. The summed E-state index contributed by atoms with van der Waals surface area (Å²) in [7, 11) is 0. The lowest BCUT2D eigenvalue weighted by atomic mass is 10.3. The highest BCUT2D eigenvalue weighted by Crippen LogP contribution is 2.18. The fraction of sp³-hybridized carbons (Fsp3) is 0.667. The molecule has 0 aliphatic carbocycles. The lowest BCUT2D eigenvalue weighted by Gasteiger charge is -2.05. The number of hydrogen-bond donors (Lipinski definition) is 1. The molecule has 90 valence electrons. The van der Waals surface area contributed by atoms with Crippen LogP contribution in [0, 0.1) is 0 Å². The minimum Gasteiger partial charge on any atom is -0.370 e. The highest BCUT2D eigenvalue weighted by molar-refractivity contribution is 7.99. The van der Waals surface area contributed by atoms with Gasteiger partial charge in [-0.15, -0.1) is 11.8 Å². The molecule has 1 rings (SSSR count). The SMILES string of the molecule is CCCCCSc1cc(NCCC)ncn1. The van der Waals surface area contributed by atoms with E-state index in [0.29, 0.717) is 0 Å². The summed E-state index contributed by atoms with van der Waals surface area (Å²) in [4.78, 5) is 8.44. The van der Waals surface area contributed by atoms with Gasteiger partial charge in [0.1, 0.15) is 17.2 Å². The lowest BCUT2D eigenvalue weighted by Crippen LogP contribution is -2.02. The van der Waals surface area contributed by atoms with Crippen molar-refractivity contribution in [1.82, 2.24) is 9.97 Å². The van der Waals surface area contributed by atoms with E-state index in [-0.39, 0.29) is 0 Å². The molecule has 0 saturated heterocycles. The van der Waals surface area contributed by atoms with Gasteiger partial charge in [0.05, 0.1) is 0 Å². The average Bonchev–Trinajstić information content (AvgIpc) is 2.33. The van der Waals surface area contributed by atoms with E-state index in [0.717, 1.165) is 29.6 Å². The Kier molecular flexibility index (Phi) is 6.97. The van der Waals surface area contributed by atoms with E-state index < -0.39 is 0 Å². The summed E-state index contributed by atoms with van der Waals surface area (Å²) >= 11 is 1.82. The van der Waals surface area contributed by atoms with E-state index >= 15 is 0 Å². The molecule has 0 aliphatic heterocycles. The Bertz CT molecular complexity index is 291. The molecule has 0 amide bonds. The highest BCUT2D eigenvalue weighted by atomic mass is 32.2. The fourth-order valence-corrected chi connectivity index (χ4v) is 2.17. The smallest absolute Gasteiger partial charge is 0.130 e. The molecule has 0 aliphatic rings. The predicted octanol–water partition coefficient (Wildman–Crippen LogP) is 3.58. The molecule has 0 atom stereocenters. The Hall–Kier alpha value is -0.770. The van der Waals surface area contributed by atoms with Crippen LogP contribution in [0.1, 0.15) is 39.5 Å². The van der Waals surface area contributed by atoms with Crippen molar-refractivity contribution in [1.29, 1.82) is 0 Å². The van der Waals surface area contributed by atoms with Crippen LogP contribution in [0.2, 0.25) is 0 Å². The third-order valence-electron chi connectivity index (χ3n) is 2.20. The molecule has 3 nitrogen and oxygen atoms in total. The molecule has 1 N–H and O–H groups in total. The summed E-state index contributed by atoms with van der Waals surface area (Å²) in [6.07, 6.45) is 6.60. The molecule has 1 heterocycles. The van der Waals surface area contributed by atoms with Crippen LogP contribution in [-0.4, -0.2) is 22.3 Å². The van der Waals surface area contributed by atoms with Gasteiger partial charge in [0.25, 0.3) is 0 Å². The van der Waals surface area contributed by atoms with E-state index in [2.05, 4.69) is 29.1 Å². The van der Waals surface area contributed by atoms with E-state index in [1.165, 1.54) is 19.3 Å². The molecule has 1 aromatic rings. The first kappa shape index (κ1) is 13.3. The normalized spacial score (nSPS) is 10.4. The predicted molar refractivity (Wildman–Crippen MR) is 71.1 cm³/mol. The number of rotatable bonds is 8. The average molecular weight is 239 g/mol. The number of thioether (sulfide) groups is 1. The molecule has 0 saturated carbocycles. The first-order valence-electron chi connectivity index (χ1n) is 6.05. The molecule has 16 heavy (non-hydrogen) atoms. The zero-order valence-electron chi connectivity index (χ0n) is 10.2. The number of nitrogens with one attached hydrogen (secondary N) is 1. The van der Waals surface area contributed by atoms with Gasteiger partial charge >= 0.3 is 0 Å². The zero-order chi connectivity index (χ0) is 11.6. The van der Waals surface area contributed by atoms with Crippen LogP contribution in [-0.2, 0) is 0 Å². The minimum absolute atomic E-state index is 0.940. The van der Waals surface area contributed by atoms with Crippen molar-refractivity contribution in [3.05, 3.63) is 12.4 Å². The summed E-state index contributed by atoms with van der Waals surface area (Å²) in [6, 6.07) is 2.03. The van der Waals surface area contributed by atoms with Gasteiger partial charge in [-0.3, -0.25) is 0 Å². The Morgan fingerprint density at radius 2 is 2.06 bits per heavy atom. The number of unbranched alkanes of at least 4 members (excludes halogenated alkanes) is 2. The standard InChI is InChI=1S/C12H21N3S/c1-3-5-6-8-16-12-9-11(13-7-4-2)14-10-15-12/h9-10H,3-8H2,1-2H3,(H,13,14,15). The molecular weight excluding hydrogens is 218 g/mol. The Morgan fingerprint density at radius 1 is 1.19 bits per heavy atom. The quantitative estimate of drug-likeness (QED) is 0.427. The second kappa shape index (κ2) is 8.39. The third kappa shape index (κ3) is 5.35. The van der Waals surface area contributed by atoms with Crippen molar-refractivity contribution in [3.8, 4) is 0 Å². The van der Waals surface area contributed by atoms with E-state index in [4.69, 9.17) is 0 Å². The van der Waals surface area contributed by atoms with Crippen LogP contribution in [0.15, 0.2) is 17.4 Å². The summed E-state index contributed by atoms with van der Waals surface area (Å²) in [6.45, 7) is 5.34. The topological polar surface area (TPSA) is 37.8 Å². The second-order valence-electron chi connectivity index (χ2n) is 3.72. The fourth-order valence-electron chi connectivity index (χ4n) is 1.30. The Morgan fingerprint density at radius 3 is 2.81 bits per heavy atom. The summed E-state index contributed by atoms with van der Waals surface area (Å²) in [5.74, 6) is 2.09. The lowest BCUT2D eigenvalue weighted by molar-refractivity contribution is 0.778. The van der Waals surface area contributed by atoms with Crippen molar-refractivity contribution < 1.29 is 0 Å². The van der Waals surface area contributed by atoms with Crippen molar-refractivity contribution >= 4 is 17.6 Å². The van der Waals surface area contributed by atoms with Crippen LogP contribution >= 0.6 is 11.8 Å². The van der Waals surface area contributed by atoms with Gasteiger partial charge in [-0.1, -0.05) is 26.7 Å². The van der Waals surface area contributed by atoms with Gasteiger partial charge in [0.15, 0.2) is 0 Å². The Labute approximate surface area is 102 Å². The van der Waals surface area contributed by atoms with E-state index in [1.807, 2.05) is 17.8 Å². The molecule has 0 aromatic carbocycles. The molecule has 0 radical (unpaired) electrons. The number of hydrogen-bond acceptors (Lipinski definition) is 4. The number of aromatic nitrogens is 2. The van der Waals surface area contributed by atoms with Crippen LogP contribution < -0.4 is 5.32 Å². The summed E-state index contributed by atoms with van der Waals surface area (Å²) in [5, 5.41) is 4.35.